The Hall–Kier alpha value is -0.690. The Labute approximate surface area is 88.5 Å². The number of carboxylic acid groups (broad SMARTS) is 1. The van der Waals surface area contributed by atoms with Gasteiger partial charge in [-0.3, -0.25) is 4.79 Å². The highest BCUT2D eigenvalue weighted by Gasteiger charge is 2.42. The van der Waals surface area contributed by atoms with E-state index < -0.39 is 5.97 Å². The summed E-state index contributed by atoms with van der Waals surface area (Å²) in [4.78, 5) is 10.4. The standard InChI is InChI=1S/C10H15NO2S/c1-8(6-9(12)13)14-7-10(2-3-10)4-5-11/h8H,2-4,6-7H2,1H3,(H,12,13). The molecule has 1 rings (SSSR count). The summed E-state index contributed by atoms with van der Waals surface area (Å²) in [6.45, 7) is 1.93. The first-order chi connectivity index (χ1) is 6.58. The molecule has 0 spiro atoms. The van der Waals surface area contributed by atoms with Gasteiger partial charge in [0.25, 0.3) is 0 Å². The molecule has 1 atom stereocenters. The number of aliphatic carboxylic acids is 1. The van der Waals surface area contributed by atoms with Gasteiger partial charge in [-0.1, -0.05) is 6.92 Å². The second-order valence-electron chi connectivity index (χ2n) is 4.05. The Morgan fingerprint density at radius 2 is 2.36 bits per heavy atom. The maximum atomic E-state index is 10.4. The van der Waals surface area contributed by atoms with Crippen molar-refractivity contribution in [1.29, 1.82) is 5.26 Å². The molecule has 0 aromatic heterocycles. The third-order valence-electron chi connectivity index (χ3n) is 2.55. The topological polar surface area (TPSA) is 61.1 Å². The first-order valence-corrected chi connectivity index (χ1v) is 5.83. The number of carboxylic acids is 1. The van der Waals surface area contributed by atoms with Crippen molar-refractivity contribution >= 4 is 17.7 Å². The van der Waals surface area contributed by atoms with Crippen molar-refractivity contribution in [3.05, 3.63) is 0 Å². The molecule has 78 valence electrons. The van der Waals surface area contributed by atoms with Crippen molar-refractivity contribution in [3.63, 3.8) is 0 Å². The van der Waals surface area contributed by atoms with Crippen LogP contribution in [0, 0.1) is 16.7 Å². The summed E-state index contributed by atoms with van der Waals surface area (Å²) in [7, 11) is 0. The van der Waals surface area contributed by atoms with Crippen LogP contribution in [0.25, 0.3) is 0 Å². The zero-order chi connectivity index (χ0) is 10.6. The van der Waals surface area contributed by atoms with Crippen LogP contribution in [0.15, 0.2) is 0 Å². The summed E-state index contributed by atoms with van der Waals surface area (Å²) in [6.07, 6.45) is 3.10. The van der Waals surface area contributed by atoms with Crippen LogP contribution in [0.2, 0.25) is 0 Å². The van der Waals surface area contributed by atoms with E-state index in [2.05, 4.69) is 6.07 Å². The molecule has 1 fully saturated rings. The summed E-state index contributed by atoms with van der Waals surface area (Å²) in [5.41, 5.74) is 0.228. The van der Waals surface area contributed by atoms with Crippen molar-refractivity contribution in [2.75, 3.05) is 5.75 Å². The van der Waals surface area contributed by atoms with E-state index >= 15 is 0 Å². The molecule has 0 bridgehead atoms. The van der Waals surface area contributed by atoms with Crippen molar-refractivity contribution < 1.29 is 9.90 Å². The third kappa shape index (κ3) is 3.59. The third-order valence-corrected chi connectivity index (χ3v) is 4.06. The molecular weight excluding hydrogens is 198 g/mol. The van der Waals surface area contributed by atoms with E-state index in [1.807, 2.05) is 6.92 Å². The van der Waals surface area contributed by atoms with Gasteiger partial charge in [0, 0.05) is 17.4 Å². The van der Waals surface area contributed by atoms with Crippen molar-refractivity contribution in [2.45, 2.75) is 37.9 Å². The van der Waals surface area contributed by atoms with Gasteiger partial charge in [-0.05, 0) is 18.3 Å². The fraction of sp³-hybridized carbons (Fsp3) is 0.800. The lowest BCUT2D eigenvalue weighted by molar-refractivity contribution is -0.136. The van der Waals surface area contributed by atoms with Gasteiger partial charge in [0.2, 0.25) is 0 Å². The Morgan fingerprint density at radius 3 is 2.79 bits per heavy atom. The second kappa shape index (κ2) is 4.70. The van der Waals surface area contributed by atoms with Gasteiger partial charge < -0.3 is 5.11 Å². The summed E-state index contributed by atoms with van der Waals surface area (Å²) < 4.78 is 0. The minimum atomic E-state index is -0.741. The highest BCUT2D eigenvalue weighted by atomic mass is 32.2. The van der Waals surface area contributed by atoms with Gasteiger partial charge in [0.05, 0.1) is 12.5 Å². The Kier molecular flexibility index (Phi) is 3.82. The zero-order valence-corrected chi connectivity index (χ0v) is 9.14. The summed E-state index contributed by atoms with van der Waals surface area (Å²) in [6, 6.07) is 2.21. The molecule has 0 aromatic rings. The molecule has 1 N–H and O–H groups in total. The van der Waals surface area contributed by atoms with Gasteiger partial charge >= 0.3 is 5.97 Å². The molecule has 0 aromatic carbocycles. The number of nitriles is 1. The molecule has 1 aliphatic rings. The molecule has 14 heavy (non-hydrogen) atoms. The highest BCUT2D eigenvalue weighted by molar-refractivity contribution is 7.99. The lowest BCUT2D eigenvalue weighted by Gasteiger charge is -2.13. The molecule has 1 unspecified atom stereocenters. The number of thioether (sulfide) groups is 1. The maximum absolute atomic E-state index is 10.4. The Balaban J connectivity index is 2.20. The molecule has 0 saturated heterocycles. The summed E-state index contributed by atoms with van der Waals surface area (Å²) in [5.74, 6) is 0.199. The number of carbonyl (C=O) groups is 1. The Bertz CT molecular complexity index is 255. The van der Waals surface area contributed by atoms with Crippen molar-refractivity contribution in [1.82, 2.24) is 0 Å². The smallest absolute Gasteiger partial charge is 0.304 e. The molecule has 0 amide bonds. The van der Waals surface area contributed by atoms with Crippen molar-refractivity contribution in [3.8, 4) is 6.07 Å². The average molecular weight is 213 g/mol. The molecule has 4 heteroatoms. The zero-order valence-electron chi connectivity index (χ0n) is 8.32. The monoisotopic (exact) mass is 213 g/mol. The van der Waals surface area contributed by atoms with E-state index in [1.54, 1.807) is 11.8 Å². The van der Waals surface area contributed by atoms with E-state index in [0.29, 0.717) is 6.42 Å². The van der Waals surface area contributed by atoms with E-state index in [1.165, 1.54) is 0 Å². The lowest BCUT2D eigenvalue weighted by atomic mass is 10.1. The van der Waals surface area contributed by atoms with Crippen LogP contribution >= 0.6 is 11.8 Å². The molecule has 1 saturated carbocycles. The van der Waals surface area contributed by atoms with Crippen LogP contribution in [0.1, 0.15) is 32.6 Å². The summed E-state index contributed by atoms with van der Waals surface area (Å²) in [5, 5.41) is 17.3. The maximum Gasteiger partial charge on any atom is 0.304 e. The molecule has 0 heterocycles. The number of hydrogen-bond donors (Lipinski definition) is 1. The van der Waals surface area contributed by atoms with Crippen LogP contribution in [0.5, 0.6) is 0 Å². The molecule has 3 nitrogen and oxygen atoms in total. The van der Waals surface area contributed by atoms with Gasteiger partial charge in [0.1, 0.15) is 0 Å². The van der Waals surface area contributed by atoms with Crippen molar-refractivity contribution in [2.24, 2.45) is 5.41 Å². The number of nitrogens with zero attached hydrogens (tertiary/aromatic N) is 1. The van der Waals surface area contributed by atoms with Crippen LogP contribution < -0.4 is 0 Å². The summed E-state index contributed by atoms with van der Waals surface area (Å²) >= 11 is 1.68. The molecule has 1 aliphatic carbocycles. The molecule has 0 radical (unpaired) electrons. The normalized spacial score (nSPS) is 19.7. The van der Waals surface area contributed by atoms with Crippen LogP contribution in [-0.4, -0.2) is 22.1 Å². The fourth-order valence-corrected chi connectivity index (χ4v) is 2.63. The quantitative estimate of drug-likeness (QED) is 0.735. The SMILES string of the molecule is CC(CC(=O)O)SCC1(CC#N)CC1. The van der Waals surface area contributed by atoms with E-state index in [-0.39, 0.29) is 17.1 Å². The van der Waals surface area contributed by atoms with E-state index in [9.17, 15) is 4.79 Å². The average Bonchev–Trinajstić information content (AvgIpc) is 2.82. The minimum Gasteiger partial charge on any atom is -0.481 e. The first kappa shape index (κ1) is 11.4. The Morgan fingerprint density at radius 1 is 1.71 bits per heavy atom. The number of rotatable bonds is 6. The van der Waals surface area contributed by atoms with E-state index in [0.717, 1.165) is 18.6 Å². The lowest BCUT2D eigenvalue weighted by Crippen LogP contribution is -2.10. The van der Waals surface area contributed by atoms with Gasteiger partial charge in [0.15, 0.2) is 0 Å². The predicted molar refractivity (Wildman–Crippen MR) is 56.1 cm³/mol. The predicted octanol–water partition coefficient (Wildman–Crippen LogP) is 2.28. The number of hydrogen-bond acceptors (Lipinski definition) is 3. The second-order valence-corrected chi connectivity index (χ2v) is 5.48. The molecular formula is C10H15NO2S. The minimum absolute atomic E-state index is 0.156. The van der Waals surface area contributed by atoms with Gasteiger partial charge in [-0.2, -0.15) is 17.0 Å². The van der Waals surface area contributed by atoms with Crippen LogP contribution in [-0.2, 0) is 4.79 Å². The van der Waals surface area contributed by atoms with Gasteiger partial charge in [-0.25, -0.2) is 0 Å². The van der Waals surface area contributed by atoms with Crippen LogP contribution in [0.3, 0.4) is 0 Å². The van der Waals surface area contributed by atoms with E-state index in [4.69, 9.17) is 10.4 Å². The van der Waals surface area contributed by atoms with Crippen LogP contribution in [0.4, 0.5) is 0 Å². The fourth-order valence-electron chi connectivity index (χ4n) is 1.34. The molecule has 0 aliphatic heterocycles. The largest absolute Gasteiger partial charge is 0.481 e. The first-order valence-electron chi connectivity index (χ1n) is 4.78. The van der Waals surface area contributed by atoms with Gasteiger partial charge in [-0.15, -0.1) is 0 Å². The highest BCUT2D eigenvalue weighted by Crippen LogP contribution is 2.51.